The third-order valence-electron chi connectivity index (χ3n) is 2.18. The van der Waals surface area contributed by atoms with Gasteiger partial charge in [0.05, 0.1) is 0 Å². The number of benzene rings is 1. The minimum atomic E-state index is 1.09. The van der Waals surface area contributed by atoms with Crippen molar-refractivity contribution in [3.8, 4) is 0 Å². The van der Waals surface area contributed by atoms with E-state index in [0.29, 0.717) is 0 Å². The van der Waals surface area contributed by atoms with E-state index in [1.807, 2.05) is 19.0 Å². The summed E-state index contributed by atoms with van der Waals surface area (Å²) in [4.78, 5) is 1.30. The summed E-state index contributed by atoms with van der Waals surface area (Å²) in [5.41, 5.74) is 1.17. The summed E-state index contributed by atoms with van der Waals surface area (Å²) in [5, 5.41) is 3.16. The van der Waals surface area contributed by atoms with E-state index >= 15 is 0 Å². The maximum Gasteiger partial charge on any atom is 0.0349 e. The van der Waals surface area contributed by atoms with Crippen LogP contribution in [-0.4, -0.2) is 24.4 Å². The minimum Gasteiger partial charge on any atom is -0.388 e. The molecular formula is C12H20N2S. The first-order valence-corrected chi connectivity index (χ1v) is 6.28. The highest BCUT2D eigenvalue weighted by molar-refractivity contribution is 7.97. The molecule has 0 heterocycles. The first-order chi connectivity index (χ1) is 7.30. The molecule has 0 atom stereocenters. The van der Waals surface area contributed by atoms with Crippen LogP contribution in [-0.2, 0) is 0 Å². The van der Waals surface area contributed by atoms with Gasteiger partial charge in [0.15, 0.2) is 0 Å². The first-order valence-electron chi connectivity index (χ1n) is 5.50. The average molecular weight is 224 g/mol. The molecule has 0 saturated carbocycles. The van der Waals surface area contributed by atoms with Gasteiger partial charge in [-0.05, 0) is 36.6 Å². The smallest absolute Gasteiger partial charge is 0.0349 e. The molecule has 0 aliphatic rings. The lowest BCUT2D eigenvalue weighted by Gasteiger charge is -2.18. The molecule has 0 unspecified atom stereocenters. The Morgan fingerprint density at radius 3 is 2.73 bits per heavy atom. The van der Waals surface area contributed by atoms with Gasteiger partial charge in [0.2, 0.25) is 0 Å². The summed E-state index contributed by atoms with van der Waals surface area (Å²) in [6.45, 7) is 6.64. The van der Waals surface area contributed by atoms with Crippen LogP contribution in [0.4, 0.5) is 5.69 Å². The van der Waals surface area contributed by atoms with Gasteiger partial charge in [0.25, 0.3) is 0 Å². The Morgan fingerprint density at radius 2 is 2.13 bits per heavy atom. The van der Waals surface area contributed by atoms with Crippen LogP contribution in [0.3, 0.4) is 0 Å². The summed E-state index contributed by atoms with van der Waals surface area (Å²) >= 11 is 1.84. The fourth-order valence-electron chi connectivity index (χ4n) is 1.38. The molecule has 0 spiro atoms. The molecule has 0 bridgehead atoms. The Morgan fingerprint density at radius 1 is 1.33 bits per heavy atom. The van der Waals surface area contributed by atoms with Gasteiger partial charge < -0.3 is 5.32 Å². The maximum atomic E-state index is 3.16. The van der Waals surface area contributed by atoms with Crippen LogP contribution in [0.25, 0.3) is 0 Å². The van der Waals surface area contributed by atoms with Gasteiger partial charge in [0, 0.05) is 30.7 Å². The molecule has 1 aromatic rings. The molecule has 15 heavy (non-hydrogen) atoms. The van der Waals surface area contributed by atoms with Crippen LogP contribution < -0.4 is 5.32 Å². The first kappa shape index (κ1) is 12.4. The number of nitrogens with zero attached hydrogens (tertiary/aromatic N) is 1. The summed E-state index contributed by atoms with van der Waals surface area (Å²) in [6.07, 6.45) is 1.20. The average Bonchev–Trinajstić information content (AvgIpc) is 2.29. The lowest BCUT2D eigenvalue weighted by atomic mass is 10.3. The largest absolute Gasteiger partial charge is 0.388 e. The van der Waals surface area contributed by atoms with Gasteiger partial charge in [0.1, 0.15) is 0 Å². The van der Waals surface area contributed by atoms with Gasteiger partial charge in [-0.25, -0.2) is 4.31 Å². The number of rotatable bonds is 6. The quantitative estimate of drug-likeness (QED) is 0.745. The zero-order valence-corrected chi connectivity index (χ0v) is 10.6. The molecular weight excluding hydrogens is 204 g/mol. The normalized spacial score (nSPS) is 10.7. The van der Waals surface area contributed by atoms with Crippen LogP contribution in [0.5, 0.6) is 0 Å². The molecule has 0 amide bonds. The predicted octanol–water partition coefficient (Wildman–Crippen LogP) is 3.47. The van der Waals surface area contributed by atoms with Crippen molar-refractivity contribution >= 4 is 17.6 Å². The van der Waals surface area contributed by atoms with Crippen molar-refractivity contribution in [1.29, 1.82) is 0 Å². The summed E-state index contributed by atoms with van der Waals surface area (Å²) in [6, 6.07) is 8.51. The lowest BCUT2D eigenvalue weighted by molar-refractivity contribution is 0.493. The molecule has 0 radical (unpaired) electrons. The predicted molar refractivity (Wildman–Crippen MR) is 69.4 cm³/mol. The van der Waals surface area contributed by atoms with Crippen molar-refractivity contribution in [2.24, 2.45) is 0 Å². The highest BCUT2D eigenvalue weighted by Gasteiger charge is 2.03. The number of hydrogen-bond donors (Lipinski definition) is 1. The number of nitrogens with one attached hydrogen (secondary N) is 1. The summed E-state index contributed by atoms with van der Waals surface area (Å²) < 4.78 is 2.38. The molecule has 1 rings (SSSR count). The Kier molecular flexibility index (Phi) is 5.58. The molecule has 0 aromatic heterocycles. The standard InChI is InChI=1S/C12H20N2S/c1-4-9-14(5-2)15-12-8-6-7-11(10-12)13-3/h6-8,10,13H,4-5,9H2,1-3H3. The van der Waals surface area contributed by atoms with Gasteiger partial charge in [-0.3, -0.25) is 0 Å². The highest BCUT2D eigenvalue weighted by atomic mass is 32.2. The van der Waals surface area contributed by atoms with Crippen LogP contribution in [0, 0.1) is 0 Å². The van der Waals surface area contributed by atoms with Crippen molar-refractivity contribution in [1.82, 2.24) is 4.31 Å². The van der Waals surface area contributed by atoms with Gasteiger partial charge >= 0.3 is 0 Å². The Labute approximate surface area is 97.2 Å². The van der Waals surface area contributed by atoms with Crippen molar-refractivity contribution in [2.45, 2.75) is 25.2 Å². The van der Waals surface area contributed by atoms with E-state index in [1.54, 1.807) is 0 Å². The zero-order chi connectivity index (χ0) is 11.1. The monoisotopic (exact) mass is 224 g/mol. The SMILES string of the molecule is CCCN(CC)Sc1cccc(NC)c1. The Balaban J connectivity index is 2.61. The molecule has 84 valence electrons. The molecule has 0 fully saturated rings. The lowest BCUT2D eigenvalue weighted by Crippen LogP contribution is -2.15. The van der Waals surface area contributed by atoms with E-state index in [2.05, 4.69) is 47.7 Å². The van der Waals surface area contributed by atoms with Crippen LogP contribution >= 0.6 is 11.9 Å². The Bertz CT molecular complexity index is 289. The molecule has 1 N–H and O–H groups in total. The number of anilines is 1. The second-order valence-corrected chi connectivity index (χ2v) is 4.56. The molecule has 3 heteroatoms. The second-order valence-electron chi connectivity index (χ2n) is 3.39. The van der Waals surface area contributed by atoms with E-state index in [9.17, 15) is 0 Å². The van der Waals surface area contributed by atoms with E-state index in [1.165, 1.54) is 17.0 Å². The van der Waals surface area contributed by atoms with Crippen LogP contribution in [0.2, 0.25) is 0 Å². The van der Waals surface area contributed by atoms with E-state index < -0.39 is 0 Å². The number of hydrogen-bond acceptors (Lipinski definition) is 3. The third-order valence-corrected chi connectivity index (χ3v) is 3.35. The third kappa shape index (κ3) is 4.14. The van der Waals surface area contributed by atoms with Crippen molar-refractivity contribution in [3.63, 3.8) is 0 Å². The minimum absolute atomic E-state index is 1.09. The Hall–Kier alpha value is -0.670. The van der Waals surface area contributed by atoms with E-state index in [0.717, 1.165) is 13.1 Å². The van der Waals surface area contributed by atoms with Crippen molar-refractivity contribution in [2.75, 3.05) is 25.5 Å². The van der Waals surface area contributed by atoms with Gasteiger partial charge in [-0.1, -0.05) is 19.9 Å². The summed E-state index contributed by atoms with van der Waals surface area (Å²) in [7, 11) is 1.95. The van der Waals surface area contributed by atoms with Gasteiger partial charge in [-0.2, -0.15) is 0 Å². The van der Waals surface area contributed by atoms with Crippen molar-refractivity contribution in [3.05, 3.63) is 24.3 Å². The molecule has 0 aliphatic heterocycles. The summed E-state index contributed by atoms with van der Waals surface area (Å²) in [5.74, 6) is 0. The van der Waals surface area contributed by atoms with E-state index in [4.69, 9.17) is 0 Å². The van der Waals surface area contributed by atoms with Gasteiger partial charge in [-0.15, -0.1) is 0 Å². The fraction of sp³-hybridized carbons (Fsp3) is 0.500. The molecule has 2 nitrogen and oxygen atoms in total. The maximum absolute atomic E-state index is 3.16. The van der Waals surface area contributed by atoms with Crippen LogP contribution in [0.15, 0.2) is 29.2 Å². The van der Waals surface area contributed by atoms with Crippen LogP contribution in [0.1, 0.15) is 20.3 Å². The second kappa shape index (κ2) is 6.75. The highest BCUT2D eigenvalue weighted by Crippen LogP contribution is 2.24. The zero-order valence-electron chi connectivity index (χ0n) is 9.79. The van der Waals surface area contributed by atoms with E-state index in [-0.39, 0.29) is 0 Å². The fourth-order valence-corrected chi connectivity index (χ4v) is 2.40. The van der Waals surface area contributed by atoms with Crippen molar-refractivity contribution < 1.29 is 0 Å². The molecule has 0 aliphatic carbocycles. The molecule has 1 aromatic carbocycles. The topological polar surface area (TPSA) is 15.3 Å². The molecule has 0 saturated heterocycles.